The second-order valence-electron chi connectivity index (χ2n) is 4.40. The molecule has 2 unspecified atom stereocenters. The molecular formula is C8H16N2O2S. The predicted molar refractivity (Wildman–Crippen MR) is 51.1 cm³/mol. The maximum Gasteiger partial charge on any atom is 0.151 e. The number of hydrogen-bond acceptors (Lipinski definition) is 4. The zero-order valence-electron chi connectivity index (χ0n) is 7.81. The van der Waals surface area contributed by atoms with Crippen LogP contribution in [0.2, 0.25) is 0 Å². The van der Waals surface area contributed by atoms with E-state index in [2.05, 4.69) is 4.90 Å². The van der Waals surface area contributed by atoms with Crippen LogP contribution in [0.25, 0.3) is 0 Å². The van der Waals surface area contributed by atoms with Crippen LogP contribution in [0.5, 0.6) is 0 Å². The van der Waals surface area contributed by atoms with Crippen LogP contribution < -0.4 is 5.73 Å². The number of fused-ring (bicyclic) bond motifs is 2. The Hall–Kier alpha value is -0.130. The van der Waals surface area contributed by atoms with E-state index in [1.54, 1.807) is 0 Å². The number of nitrogens with two attached hydrogens (primary N) is 1. The first-order chi connectivity index (χ1) is 5.98. The molecule has 0 spiro atoms. The number of likely N-dealkylation sites (tertiary alicyclic amines) is 1. The van der Waals surface area contributed by atoms with Crippen molar-refractivity contribution in [3.8, 4) is 0 Å². The summed E-state index contributed by atoms with van der Waals surface area (Å²) < 4.78 is 22.9. The molecule has 0 saturated carbocycles. The SMILES string of the molecule is CN1CC2CS(=O)(=O)CC(C1)C2N. The summed E-state index contributed by atoms with van der Waals surface area (Å²) in [6.45, 7) is 1.66. The average Bonchev–Trinajstić information content (AvgIpc) is 1.94. The Morgan fingerprint density at radius 2 is 1.69 bits per heavy atom. The van der Waals surface area contributed by atoms with Crippen molar-refractivity contribution in [1.82, 2.24) is 4.90 Å². The molecule has 0 amide bonds. The van der Waals surface area contributed by atoms with Gasteiger partial charge >= 0.3 is 0 Å². The van der Waals surface area contributed by atoms with E-state index in [0.717, 1.165) is 13.1 Å². The maximum atomic E-state index is 11.4. The van der Waals surface area contributed by atoms with Crippen LogP contribution in [0, 0.1) is 11.8 Å². The molecule has 2 saturated heterocycles. The lowest BCUT2D eigenvalue weighted by molar-refractivity contribution is 0.139. The molecule has 2 N–H and O–H groups in total. The minimum absolute atomic E-state index is 0.0970. The minimum Gasteiger partial charge on any atom is -0.327 e. The Kier molecular flexibility index (Phi) is 2.13. The molecule has 0 aromatic heterocycles. The van der Waals surface area contributed by atoms with Crippen LogP contribution >= 0.6 is 0 Å². The van der Waals surface area contributed by atoms with Gasteiger partial charge in [-0.05, 0) is 7.05 Å². The Morgan fingerprint density at radius 3 is 2.15 bits per heavy atom. The third-order valence-electron chi connectivity index (χ3n) is 3.12. The van der Waals surface area contributed by atoms with Crippen LogP contribution in [0.3, 0.4) is 0 Å². The van der Waals surface area contributed by atoms with E-state index in [1.807, 2.05) is 7.05 Å². The van der Waals surface area contributed by atoms with E-state index in [0.29, 0.717) is 0 Å². The van der Waals surface area contributed by atoms with Crippen molar-refractivity contribution in [3.05, 3.63) is 0 Å². The van der Waals surface area contributed by atoms with Crippen LogP contribution in [0.1, 0.15) is 0 Å². The highest BCUT2D eigenvalue weighted by Gasteiger charge is 2.42. The summed E-state index contributed by atoms with van der Waals surface area (Å²) in [7, 11) is -0.773. The van der Waals surface area contributed by atoms with Crippen LogP contribution in [0.4, 0.5) is 0 Å². The lowest BCUT2D eigenvalue weighted by atomic mass is 9.86. The van der Waals surface area contributed by atoms with E-state index in [9.17, 15) is 8.42 Å². The van der Waals surface area contributed by atoms with Crippen molar-refractivity contribution in [1.29, 1.82) is 0 Å². The lowest BCUT2D eigenvalue weighted by Crippen LogP contribution is -2.59. The van der Waals surface area contributed by atoms with E-state index in [1.165, 1.54) is 0 Å². The molecule has 2 aliphatic heterocycles. The number of rotatable bonds is 0. The zero-order valence-corrected chi connectivity index (χ0v) is 8.63. The van der Waals surface area contributed by atoms with Gasteiger partial charge in [0.1, 0.15) is 0 Å². The van der Waals surface area contributed by atoms with Gasteiger partial charge in [-0.15, -0.1) is 0 Å². The summed E-state index contributed by atoms with van der Waals surface area (Å²) in [6.07, 6.45) is 0. The third kappa shape index (κ3) is 1.73. The number of piperidine rings is 1. The Bertz CT molecular complexity index is 279. The zero-order chi connectivity index (χ0) is 9.64. The minimum atomic E-state index is -2.80. The van der Waals surface area contributed by atoms with Crippen molar-refractivity contribution in [2.45, 2.75) is 6.04 Å². The van der Waals surface area contributed by atoms with Gasteiger partial charge in [0.05, 0.1) is 11.5 Å². The molecule has 5 heteroatoms. The van der Waals surface area contributed by atoms with Crippen LogP contribution in [-0.2, 0) is 9.84 Å². The average molecular weight is 204 g/mol. The number of hydrogen-bond donors (Lipinski definition) is 1. The van der Waals surface area contributed by atoms with Gasteiger partial charge in [-0.2, -0.15) is 0 Å². The molecule has 76 valence electrons. The van der Waals surface area contributed by atoms with Gasteiger partial charge < -0.3 is 10.6 Å². The topological polar surface area (TPSA) is 63.4 Å². The highest BCUT2D eigenvalue weighted by atomic mass is 32.2. The largest absolute Gasteiger partial charge is 0.327 e. The molecule has 2 atom stereocenters. The first-order valence-electron chi connectivity index (χ1n) is 4.62. The van der Waals surface area contributed by atoms with Gasteiger partial charge in [-0.3, -0.25) is 0 Å². The maximum absolute atomic E-state index is 11.4. The fourth-order valence-electron chi connectivity index (χ4n) is 2.55. The summed E-state index contributed by atoms with van der Waals surface area (Å²) in [5.41, 5.74) is 5.98. The summed E-state index contributed by atoms with van der Waals surface area (Å²) in [6, 6.07) is 0.0970. The molecule has 0 aromatic carbocycles. The summed E-state index contributed by atoms with van der Waals surface area (Å²) in [4.78, 5) is 2.19. The second-order valence-corrected chi connectivity index (χ2v) is 6.55. The molecule has 2 bridgehead atoms. The van der Waals surface area contributed by atoms with Gasteiger partial charge in [-0.25, -0.2) is 8.42 Å². The quantitative estimate of drug-likeness (QED) is 0.545. The molecule has 0 aromatic rings. The first kappa shape index (κ1) is 9.43. The van der Waals surface area contributed by atoms with E-state index < -0.39 is 9.84 Å². The first-order valence-corrected chi connectivity index (χ1v) is 6.44. The number of sulfone groups is 1. The monoisotopic (exact) mass is 204 g/mol. The highest BCUT2D eigenvalue weighted by Crippen LogP contribution is 2.28. The molecule has 2 aliphatic rings. The van der Waals surface area contributed by atoms with E-state index in [4.69, 9.17) is 5.73 Å². The molecule has 4 nitrogen and oxygen atoms in total. The Balaban J connectivity index is 2.23. The smallest absolute Gasteiger partial charge is 0.151 e. The molecule has 2 fully saturated rings. The van der Waals surface area contributed by atoms with Gasteiger partial charge in [0.2, 0.25) is 0 Å². The second kappa shape index (κ2) is 2.93. The standard InChI is InChI=1S/C8H16N2O2S/c1-10-2-6-4-13(11,12)5-7(3-10)8(6)9/h6-8H,2-5,9H2,1H3. The van der Waals surface area contributed by atoms with Gasteiger partial charge in [0, 0.05) is 31.0 Å². The van der Waals surface area contributed by atoms with E-state index in [-0.39, 0.29) is 29.4 Å². The molecule has 0 radical (unpaired) electrons. The molecule has 13 heavy (non-hydrogen) atoms. The van der Waals surface area contributed by atoms with Crippen molar-refractivity contribution >= 4 is 9.84 Å². The summed E-state index contributed by atoms with van der Waals surface area (Å²) in [5, 5.41) is 0. The van der Waals surface area contributed by atoms with Crippen molar-refractivity contribution in [2.24, 2.45) is 17.6 Å². The van der Waals surface area contributed by atoms with Crippen LogP contribution in [-0.4, -0.2) is 51.0 Å². The van der Waals surface area contributed by atoms with Gasteiger partial charge in [0.25, 0.3) is 0 Å². The Labute approximate surface area is 79.0 Å². The van der Waals surface area contributed by atoms with E-state index >= 15 is 0 Å². The fourth-order valence-corrected chi connectivity index (χ4v) is 4.65. The van der Waals surface area contributed by atoms with Crippen molar-refractivity contribution < 1.29 is 8.42 Å². The highest BCUT2D eigenvalue weighted by molar-refractivity contribution is 7.91. The fraction of sp³-hybridized carbons (Fsp3) is 1.00. The lowest BCUT2D eigenvalue weighted by Gasteiger charge is -2.44. The van der Waals surface area contributed by atoms with Crippen LogP contribution in [0.15, 0.2) is 0 Å². The molecule has 2 heterocycles. The molecule has 2 rings (SSSR count). The van der Waals surface area contributed by atoms with Gasteiger partial charge in [-0.1, -0.05) is 0 Å². The predicted octanol–water partition coefficient (Wildman–Crippen LogP) is -1.08. The summed E-state index contributed by atoms with van der Waals surface area (Å²) >= 11 is 0. The normalized spacial score (nSPS) is 44.6. The Morgan fingerprint density at radius 1 is 1.23 bits per heavy atom. The summed E-state index contributed by atoms with van der Waals surface area (Å²) in [5.74, 6) is 0.884. The van der Waals surface area contributed by atoms with Crippen molar-refractivity contribution in [3.63, 3.8) is 0 Å². The van der Waals surface area contributed by atoms with Gasteiger partial charge in [0.15, 0.2) is 9.84 Å². The molecule has 0 aliphatic carbocycles. The number of nitrogens with zero attached hydrogens (tertiary/aromatic N) is 1. The van der Waals surface area contributed by atoms with Crippen molar-refractivity contribution in [2.75, 3.05) is 31.6 Å². The molecular weight excluding hydrogens is 188 g/mol. The third-order valence-corrected chi connectivity index (χ3v) is 4.99.